The normalized spacial score (nSPS) is 21.5. The summed E-state index contributed by atoms with van der Waals surface area (Å²) < 4.78 is 16.3. The van der Waals surface area contributed by atoms with E-state index in [-0.39, 0.29) is 11.5 Å². The molecule has 0 radical (unpaired) electrons. The fourth-order valence-electron chi connectivity index (χ4n) is 3.18. The molecule has 1 aliphatic rings. The van der Waals surface area contributed by atoms with Crippen molar-refractivity contribution in [1.29, 1.82) is 0 Å². The van der Waals surface area contributed by atoms with E-state index in [4.69, 9.17) is 14.2 Å². The minimum absolute atomic E-state index is 0.145. The van der Waals surface area contributed by atoms with Gasteiger partial charge in [-0.3, -0.25) is 4.90 Å². The average molecular weight is 305 g/mol. The summed E-state index contributed by atoms with van der Waals surface area (Å²) >= 11 is 0. The molecule has 1 unspecified atom stereocenters. The zero-order valence-electron chi connectivity index (χ0n) is 14.5. The van der Waals surface area contributed by atoms with E-state index in [0.29, 0.717) is 17.2 Å². The molecule has 1 saturated heterocycles. The molecule has 22 heavy (non-hydrogen) atoms. The van der Waals surface area contributed by atoms with Gasteiger partial charge in [-0.2, -0.15) is 0 Å². The summed E-state index contributed by atoms with van der Waals surface area (Å²) in [5.41, 5.74) is 2.59. The van der Waals surface area contributed by atoms with Gasteiger partial charge in [0.15, 0.2) is 11.5 Å². The first-order chi connectivity index (χ1) is 10.3. The highest BCUT2D eigenvalue weighted by molar-refractivity contribution is 5.54. The Labute approximate surface area is 133 Å². The summed E-state index contributed by atoms with van der Waals surface area (Å²) in [5, 5.41) is 0. The Balaban J connectivity index is 2.42. The molecule has 1 fully saturated rings. The Hall–Kier alpha value is -1.68. The molecule has 1 aromatic carbocycles. The quantitative estimate of drug-likeness (QED) is 0.794. The molecule has 122 valence electrons. The van der Waals surface area contributed by atoms with E-state index < -0.39 is 0 Å². The first kappa shape index (κ1) is 16.7. The van der Waals surface area contributed by atoms with Crippen LogP contribution >= 0.6 is 0 Å². The average Bonchev–Trinajstić information content (AvgIpc) is 2.48. The molecule has 0 saturated carbocycles. The molecule has 1 atom stereocenters. The number of methoxy groups -OCH3 is 3. The summed E-state index contributed by atoms with van der Waals surface area (Å²) in [4.78, 5) is 2.37. The fourth-order valence-corrected chi connectivity index (χ4v) is 3.18. The second-order valence-corrected chi connectivity index (χ2v) is 6.58. The number of ether oxygens (including phenoxy) is 3. The second kappa shape index (κ2) is 6.21. The van der Waals surface area contributed by atoms with E-state index in [1.54, 1.807) is 21.3 Å². The number of likely N-dealkylation sites (tertiary alicyclic amines) is 1. The van der Waals surface area contributed by atoms with Gasteiger partial charge in [0.05, 0.1) is 21.3 Å². The molecule has 1 aliphatic heterocycles. The van der Waals surface area contributed by atoms with E-state index >= 15 is 0 Å². The van der Waals surface area contributed by atoms with Crippen LogP contribution in [0.3, 0.4) is 0 Å². The molecule has 0 aromatic heterocycles. The van der Waals surface area contributed by atoms with Crippen LogP contribution in [-0.2, 0) is 0 Å². The first-order valence-corrected chi connectivity index (χ1v) is 7.52. The molecule has 1 heterocycles. The Bertz CT molecular complexity index is 540. The number of rotatable bonds is 4. The monoisotopic (exact) mass is 305 g/mol. The highest BCUT2D eigenvalue weighted by Crippen LogP contribution is 2.45. The van der Waals surface area contributed by atoms with Crippen molar-refractivity contribution in [2.24, 2.45) is 5.41 Å². The minimum atomic E-state index is 0.145. The van der Waals surface area contributed by atoms with Crippen molar-refractivity contribution in [3.8, 4) is 17.2 Å². The second-order valence-electron chi connectivity index (χ2n) is 6.58. The number of benzene rings is 1. The molecular weight excluding hydrogens is 278 g/mol. The maximum absolute atomic E-state index is 5.47. The maximum atomic E-state index is 5.47. The van der Waals surface area contributed by atoms with Crippen molar-refractivity contribution in [3.63, 3.8) is 0 Å². The van der Waals surface area contributed by atoms with Crippen LogP contribution < -0.4 is 14.2 Å². The Kier molecular flexibility index (Phi) is 4.71. The van der Waals surface area contributed by atoms with Crippen molar-refractivity contribution in [2.75, 3.05) is 34.9 Å². The van der Waals surface area contributed by atoms with Gasteiger partial charge in [-0.15, -0.1) is 0 Å². The summed E-state index contributed by atoms with van der Waals surface area (Å²) in [6, 6.07) is 4.34. The van der Waals surface area contributed by atoms with E-state index in [2.05, 4.69) is 32.4 Å². The lowest BCUT2D eigenvalue weighted by atomic mass is 9.76. The third-order valence-corrected chi connectivity index (χ3v) is 4.65. The lowest BCUT2D eigenvalue weighted by molar-refractivity contribution is 0.136. The van der Waals surface area contributed by atoms with Crippen LogP contribution in [0.4, 0.5) is 0 Å². The molecule has 0 aliphatic carbocycles. The van der Waals surface area contributed by atoms with Gasteiger partial charge in [-0.25, -0.2) is 0 Å². The SMILES string of the molecule is C=C1CC(c2cc(OC)c(OC)c(OC)c2)N(C)CC1(C)C. The third kappa shape index (κ3) is 2.93. The van der Waals surface area contributed by atoms with Crippen molar-refractivity contribution >= 4 is 0 Å². The molecule has 0 spiro atoms. The first-order valence-electron chi connectivity index (χ1n) is 7.52. The summed E-state index contributed by atoms with van der Waals surface area (Å²) in [5.74, 6) is 2.02. The van der Waals surface area contributed by atoms with Crippen molar-refractivity contribution in [3.05, 3.63) is 29.8 Å². The Morgan fingerprint density at radius 1 is 1.09 bits per heavy atom. The molecule has 4 heteroatoms. The predicted octanol–water partition coefficient (Wildman–Crippen LogP) is 3.67. The fraction of sp³-hybridized carbons (Fsp3) is 0.556. The van der Waals surface area contributed by atoms with E-state index in [0.717, 1.165) is 18.5 Å². The van der Waals surface area contributed by atoms with Gasteiger partial charge in [0.1, 0.15) is 0 Å². The van der Waals surface area contributed by atoms with Crippen LogP contribution in [0.1, 0.15) is 31.9 Å². The van der Waals surface area contributed by atoms with Crippen molar-refractivity contribution in [1.82, 2.24) is 4.90 Å². The highest BCUT2D eigenvalue weighted by Gasteiger charge is 2.35. The van der Waals surface area contributed by atoms with Crippen LogP contribution in [0.5, 0.6) is 17.2 Å². The minimum Gasteiger partial charge on any atom is -0.493 e. The smallest absolute Gasteiger partial charge is 0.203 e. The van der Waals surface area contributed by atoms with E-state index in [1.807, 2.05) is 12.1 Å². The number of hydrogen-bond donors (Lipinski definition) is 0. The Morgan fingerprint density at radius 2 is 1.64 bits per heavy atom. The lowest BCUT2D eigenvalue weighted by Crippen LogP contribution is -2.41. The molecule has 2 rings (SSSR count). The number of hydrogen-bond acceptors (Lipinski definition) is 4. The van der Waals surface area contributed by atoms with Crippen LogP contribution in [0.2, 0.25) is 0 Å². The maximum Gasteiger partial charge on any atom is 0.203 e. The van der Waals surface area contributed by atoms with Gasteiger partial charge in [0.25, 0.3) is 0 Å². The van der Waals surface area contributed by atoms with E-state index in [9.17, 15) is 0 Å². The van der Waals surface area contributed by atoms with Crippen LogP contribution in [0, 0.1) is 5.41 Å². The molecule has 4 nitrogen and oxygen atoms in total. The van der Waals surface area contributed by atoms with Crippen LogP contribution in [-0.4, -0.2) is 39.8 Å². The highest BCUT2D eigenvalue weighted by atomic mass is 16.5. The van der Waals surface area contributed by atoms with Gasteiger partial charge < -0.3 is 14.2 Å². The predicted molar refractivity (Wildman–Crippen MR) is 89.0 cm³/mol. The van der Waals surface area contributed by atoms with Gasteiger partial charge in [0.2, 0.25) is 5.75 Å². The molecule has 0 N–H and O–H groups in total. The largest absolute Gasteiger partial charge is 0.493 e. The zero-order valence-corrected chi connectivity index (χ0v) is 14.5. The van der Waals surface area contributed by atoms with Crippen molar-refractivity contribution < 1.29 is 14.2 Å². The zero-order chi connectivity index (χ0) is 16.5. The van der Waals surface area contributed by atoms with E-state index in [1.165, 1.54) is 5.57 Å². The van der Waals surface area contributed by atoms with Crippen LogP contribution in [0.15, 0.2) is 24.3 Å². The van der Waals surface area contributed by atoms with Gasteiger partial charge in [-0.05, 0) is 36.6 Å². The van der Waals surface area contributed by atoms with Crippen LogP contribution in [0.25, 0.3) is 0 Å². The summed E-state index contributed by atoms with van der Waals surface area (Å²) in [6.07, 6.45) is 0.933. The van der Waals surface area contributed by atoms with Crippen molar-refractivity contribution in [2.45, 2.75) is 26.3 Å². The topological polar surface area (TPSA) is 30.9 Å². The van der Waals surface area contributed by atoms with Gasteiger partial charge >= 0.3 is 0 Å². The molecule has 0 bridgehead atoms. The molecule has 1 aromatic rings. The number of piperidine rings is 1. The lowest BCUT2D eigenvalue weighted by Gasteiger charge is -2.43. The number of nitrogens with zero attached hydrogens (tertiary/aromatic N) is 1. The molecular formula is C18H27NO3. The summed E-state index contributed by atoms with van der Waals surface area (Å²) in [6.45, 7) is 9.76. The van der Waals surface area contributed by atoms with Gasteiger partial charge in [-0.1, -0.05) is 26.0 Å². The molecule has 0 amide bonds. The van der Waals surface area contributed by atoms with Gasteiger partial charge in [0, 0.05) is 12.6 Å². The Morgan fingerprint density at radius 3 is 2.09 bits per heavy atom. The summed E-state index contributed by atoms with van der Waals surface area (Å²) in [7, 11) is 7.07. The third-order valence-electron chi connectivity index (χ3n) is 4.65. The standard InChI is InChI=1S/C18H27NO3/c1-12-8-14(19(4)11-18(12,2)3)13-9-15(20-5)17(22-7)16(10-13)21-6/h9-10,14H,1,8,11H2,2-7H3.